The van der Waals surface area contributed by atoms with Gasteiger partial charge < -0.3 is 10.2 Å². The number of aryl methyl sites for hydroxylation is 3. The summed E-state index contributed by atoms with van der Waals surface area (Å²) >= 11 is 0. The van der Waals surface area contributed by atoms with Crippen molar-refractivity contribution >= 4 is 0 Å². The lowest BCUT2D eigenvalue weighted by Crippen LogP contribution is -2.32. The maximum absolute atomic E-state index is 4.46. The lowest BCUT2D eigenvalue weighted by Gasteiger charge is -2.17. The summed E-state index contributed by atoms with van der Waals surface area (Å²) in [5.41, 5.74) is 2.37. The van der Waals surface area contributed by atoms with Crippen LogP contribution >= 0.6 is 0 Å². The second-order valence-corrected chi connectivity index (χ2v) is 4.78. The highest BCUT2D eigenvalue weighted by atomic mass is 15.3. The molecular weight excluding hydrogens is 224 g/mol. The first kappa shape index (κ1) is 15.2. The molecule has 0 amide bonds. The lowest BCUT2D eigenvalue weighted by atomic mass is 10.3. The molecule has 1 aromatic rings. The number of hydrogen-bond donors (Lipinski definition) is 1. The van der Waals surface area contributed by atoms with Gasteiger partial charge in [0.25, 0.3) is 0 Å². The van der Waals surface area contributed by atoms with Gasteiger partial charge in [-0.15, -0.1) is 0 Å². The minimum Gasteiger partial charge on any atom is -0.315 e. The van der Waals surface area contributed by atoms with Crippen LogP contribution in [0.4, 0.5) is 0 Å². The van der Waals surface area contributed by atoms with Crippen molar-refractivity contribution in [3.8, 4) is 0 Å². The van der Waals surface area contributed by atoms with Crippen molar-refractivity contribution in [1.82, 2.24) is 20.0 Å². The molecule has 4 nitrogen and oxygen atoms in total. The van der Waals surface area contributed by atoms with Crippen LogP contribution in [0.25, 0.3) is 0 Å². The number of nitrogens with one attached hydrogen (secondary N) is 1. The number of hydrogen-bond acceptors (Lipinski definition) is 3. The summed E-state index contributed by atoms with van der Waals surface area (Å²) in [6.45, 7) is 15.2. The van der Waals surface area contributed by atoms with E-state index in [1.54, 1.807) is 0 Å². The van der Waals surface area contributed by atoms with Crippen molar-refractivity contribution in [2.24, 2.45) is 0 Å². The van der Waals surface area contributed by atoms with Gasteiger partial charge in [-0.1, -0.05) is 13.8 Å². The van der Waals surface area contributed by atoms with E-state index in [2.05, 4.69) is 46.8 Å². The molecule has 0 aliphatic rings. The van der Waals surface area contributed by atoms with Crippen LogP contribution in [0.5, 0.6) is 0 Å². The van der Waals surface area contributed by atoms with Gasteiger partial charge in [-0.3, -0.25) is 4.68 Å². The van der Waals surface area contributed by atoms with Gasteiger partial charge in [-0.2, -0.15) is 5.10 Å². The Morgan fingerprint density at radius 3 is 2.50 bits per heavy atom. The van der Waals surface area contributed by atoms with Crippen LogP contribution in [0.1, 0.15) is 31.7 Å². The Kier molecular flexibility index (Phi) is 6.98. The molecule has 0 spiro atoms. The molecule has 0 unspecified atom stereocenters. The third kappa shape index (κ3) is 5.19. The Morgan fingerprint density at radius 1 is 1.22 bits per heavy atom. The summed E-state index contributed by atoms with van der Waals surface area (Å²) in [7, 11) is 0. The van der Waals surface area contributed by atoms with Crippen LogP contribution in [-0.4, -0.2) is 47.4 Å². The first-order valence-corrected chi connectivity index (χ1v) is 7.11. The fourth-order valence-corrected chi connectivity index (χ4v) is 2.16. The van der Waals surface area contributed by atoms with E-state index in [1.165, 1.54) is 5.69 Å². The molecule has 0 aliphatic carbocycles. The monoisotopic (exact) mass is 252 g/mol. The summed E-state index contributed by atoms with van der Waals surface area (Å²) in [4.78, 5) is 2.44. The van der Waals surface area contributed by atoms with Gasteiger partial charge in [-0.05, 0) is 46.0 Å². The van der Waals surface area contributed by atoms with Crippen molar-refractivity contribution in [1.29, 1.82) is 0 Å². The minimum absolute atomic E-state index is 1.01. The minimum atomic E-state index is 1.01. The van der Waals surface area contributed by atoms with Gasteiger partial charge in [0.2, 0.25) is 0 Å². The summed E-state index contributed by atoms with van der Waals surface area (Å²) in [6, 6.07) is 2.13. The molecule has 104 valence electrons. The van der Waals surface area contributed by atoms with Crippen LogP contribution in [0.3, 0.4) is 0 Å². The normalized spacial score (nSPS) is 11.4. The van der Waals surface area contributed by atoms with Gasteiger partial charge >= 0.3 is 0 Å². The van der Waals surface area contributed by atoms with E-state index in [0.29, 0.717) is 0 Å². The molecule has 4 heteroatoms. The molecular formula is C14H28N4. The van der Waals surface area contributed by atoms with Gasteiger partial charge in [0.05, 0.1) is 5.69 Å². The van der Waals surface area contributed by atoms with Crippen LogP contribution in [-0.2, 0) is 6.54 Å². The second kappa shape index (κ2) is 8.27. The molecule has 0 aliphatic heterocycles. The lowest BCUT2D eigenvalue weighted by molar-refractivity contribution is 0.302. The third-order valence-corrected chi connectivity index (χ3v) is 3.33. The number of rotatable bonds is 9. The summed E-state index contributed by atoms with van der Waals surface area (Å²) < 4.78 is 2.10. The topological polar surface area (TPSA) is 33.1 Å². The number of nitrogens with zero attached hydrogens (tertiary/aromatic N) is 3. The van der Waals surface area contributed by atoms with Crippen LogP contribution in [0, 0.1) is 13.8 Å². The molecule has 0 radical (unpaired) electrons. The Hall–Kier alpha value is -0.870. The molecule has 0 fully saturated rings. The van der Waals surface area contributed by atoms with Crippen molar-refractivity contribution in [2.45, 2.75) is 40.7 Å². The summed E-state index contributed by atoms with van der Waals surface area (Å²) in [5, 5.41) is 7.96. The molecule has 1 heterocycles. The van der Waals surface area contributed by atoms with Gasteiger partial charge in [0.1, 0.15) is 0 Å². The smallest absolute Gasteiger partial charge is 0.0596 e. The van der Waals surface area contributed by atoms with Gasteiger partial charge in [0, 0.05) is 25.3 Å². The van der Waals surface area contributed by atoms with E-state index >= 15 is 0 Å². The van der Waals surface area contributed by atoms with E-state index in [9.17, 15) is 0 Å². The Morgan fingerprint density at radius 2 is 1.94 bits per heavy atom. The van der Waals surface area contributed by atoms with E-state index in [0.717, 1.165) is 51.4 Å². The molecule has 0 aromatic carbocycles. The highest BCUT2D eigenvalue weighted by Crippen LogP contribution is 2.02. The van der Waals surface area contributed by atoms with Crippen molar-refractivity contribution in [3.05, 3.63) is 17.5 Å². The maximum Gasteiger partial charge on any atom is 0.0596 e. The third-order valence-electron chi connectivity index (χ3n) is 3.33. The average molecular weight is 252 g/mol. The van der Waals surface area contributed by atoms with Crippen LogP contribution in [0.15, 0.2) is 6.07 Å². The second-order valence-electron chi connectivity index (χ2n) is 4.78. The number of likely N-dealkylation sites (N-methyl/N-ethyl adjacent to an activating group) is 1. The first-order valence-electron chi connectivity index (χ1n) is 7.11. The summed E-state index contributed by atoms with van der Waals surface area (Å²) in [6.07, 6.45) is 1.14. The zero-order valence-corrected chi connectivity index (χ0v) is 12.4. The highest BCUT2D eigenvalue weighted by Gasteiger charge is 2.00. The fourth-order valence-electron chi connectivity index (χ4n) is 2.16. The van der Waals surface area contributed by atoms with Crippen LogP contribution < -0.4 is 5.32 Å². The largest absolute Gasteiger partial charge is 0.315 e. The van der Waals surface area contributed by atoms with E-state index in [1.807, 2.05) is 6.92 Å². The van der Waals surface area contributed by atoms with Crippen LogP contribution in [0.2, 0.25) is 0 Å². The molecule has 1 N–H and O–H groups in total. The average Bonchev–Trinajstić information content (AvgIpc) is 2.67. The first-order chi connectivity index (χ1) is 8.67. The predicted octanol–water partition coefficient (Wildman–Crippen LogP) is 1.82. The zero-order valence-electron chi connectivity index (χ0n) is 12.4. The fraction of sp³-hybridized carbons (Fsp3) is 0.786. The van der Waals surface area contributed by atoms with Gasteiger partial charge in [-0.25, -0.2) is 0 Å². The van der Waals surface area contributed by atoms with Crippen molar-refractivity contribution in [2.75, 3.05) is 32.7 Å². The molecule has 0 saturated carbocycles. The molecule has 1 aromatic heterocycles. The molecule has 0 saturated heterocycles. The predicted molar refractivity (Wildman–Crippen MR) is 77.0 cm³/mol. The molecule has 0 atom stereocenters. The molecule has 1 rings (SSSR count). The maximum atomic E-state index is 4.46. The molecule has 18 heavy (non-hydrogen) atoms. The van der Waals surface area contributed by atoms with E-state index in [4.69, 9.17) is 0 Å². The van der Waals surface area contributed by atoms with Crippen molar-refractivity contribution < 1.29 is 0 Å². The highest BCUT2D eigenvalue weighted by molar-refractivity contribution is 5.06. The Balaban J connectivity index is 2.07. The van der Waals surface area contributed by atoms with E-state index < -0.39 is 0 Å². The number of aromatic nitrogens is 2. The van der Waals surface area contributed by atoms with Crippen molar-refractivity contribution in [3.63, 3.8) is 0 Å². The summed E-state index contributed by atoms with van der Waals surface area (Å²) in [5.74, 6) is 0. The molecule has 0 bridgehead atoms. The van der Waals surface area contributed by atoms with Gasteiger partial charge in [0.15, 0.2) is 0 Å². The quantitative estimate of drug-likeness (QED) is 0.681. The Bertz CT molecular complexity index is 329. The van der Waals surface area contributed by atoms with E-state index in [-0.39, 0.29) is 0 Å². The standard InChI is InChI=1S/C14H28N4/c1-5-17(6-2)11-9-15-8-7-10-18-14(4)12-13(3)16-18/h12,15H,5-11H2,1-4H3. The Labute approximate surface area is 111 Å². The zero-order chi connectivity index (χ0) is 13.4. The SMILES string of the molecule is CCN(CC)CCNCCCn1nc(C)cc1C.